The Bertz CT molecular complexity index is 1080. The zero-order valence-electron chi connectivity index (χ0n) is 18.2. The van der Waals surface area contributed by atoms with Crippen LogP contribution in [0.2, 0.25) is 0 Å². The summed E-state index contributed by atoms with van der Waals surface area (Å²) in [5.74, 6) is 0.394. The van der Waals surface area contributed by atoms with Crippen molar-refractivity contribution in [3.8, 4) is 5.75 Å². The van der Waals surface area contributed by atoms with Crippen molar-refractivity contribution < 1.29 is 27.5 Å². The minimum Gasteiger partial charge on any atom is -0.492 e. The maximum Gasteiger partial charge on any atom is 0.251 e. The van der Waals surface area contributed by atoms with E-state index in [4.69, 9.17) is 9.47 Å². The zero-order valence-corrected chi connectivity index (χ0v) is 19.1. The lowest BCUT2D eigenvalue weighted by atomic mass is 10.2. The molecule has 4 rings (SSSR count). The number of carbonyl (C=O) groups is 2. The molecule has 0 unspecified atom stereocenters. The fourth-order valence-electron chi connectivity index (χ4n) is 3.79. The molecule has 9 nitrogen and oxygen atoms in total. The highest BCUT2D eigenvalue weighted by Gasteiger charge is 2.26. The highest BCUT2D eigenvalue weighted by Crippen LogP contribution is 2.22. The molecule has 0 radical (unpaired) electrons. The van der Waals surface area contributed by atoms with Crippen molar-refractivity contribution in [3.63, 3.8) is 0 Å². The number of sulfonamides is 1. The number of carbonyl (C=O) groups excluding carboxylic acids is 2. The molecular weight excluding hydrogens is 446 g/mol. The molecule has 0 atom stereocenters. The van der Waals surface area contributed by atoms with E-state index in [2.05, 4.69) is 5.32 Å². The van der Waals surface area contributed by atoms with E-state index >= 15 is 0 Å². The molecule has 2 aromatic carbocycles. The topological polar surface area (TPSA) is 105 Å². The van der Waals surface area contributed by atoms with E-state index < -0.39 is 10.0 Å². The average Bonchev–Trinajstić information content (AvgIpc) is 3.28. The summed E-state index contributed by atoms with van der Waals surface area (Å²) in [5, 5.41) is 2.79. The molecule has 33 heavy (non-hydrogen) atoms. The molecule has 0 aromatic heterocycles. The SMILES string of the molecule is O=C(NCCOc1ccc(S(=O)(=O)N2CCOCC2)cc1)c1ccc(N2CCCC2=O)cc1. The molecule has 0 spiro atoms. The van der Waals surface area contributed by atoms with Gasteiger partial charge in [0, 0.05) is 37.3 Å². The van der Waals surface area contributed by atoms with Gasteiger partial charge in [-0.3, -0.25) is 9.59 Å². The number of anilines is 1. The Kier molecular flexibility index (Phi) is 7.26. The quantitative estimate of drug-likeness (QED) is 0.585. The molecule has 10 heteroatoms. The van der Waals surface area contributed by atoms with Crippen LogP contribution in [-0.4, -0.2) is 70.5 Å². The van der Waals surface area contributed by atoms with Crippen LogP contribution in [-0.2, 0) is 19.6 Å². The Labute approximate surface area is 193 Å². The molecule has 0 aliphatic carbocycles. The lowest BCUT2D eigenvalue weighted by Gasteiger charge is -2.26. The third-order valence-corrected chi connectivity index (χ3v) is 7.52. The second kappa shape index (κ2) is 10.3. The number of amides is 2. The van der Waals surface area contributed by atoms with Gasteiger partial charge in [-0.25, -0.2) is 8.42 Å². The van der Waals surface area contributed by atoms with Crippen molar-refractivity contribution in [1.29, 1.82) is 0 Å². The first-order chi connectivity index (χ1) is 15.9. The van der Waals surface area contributed by atoms with Crippen molar-refractivity contribution >= 4 is 27.5 Å². The number of hydrogen-bond acceptors (Lipinski definition) is 6. The van der Waals surface area contributed by atoms with E-state index in [1.54, 1.807) is 41.3 Å². The van der Waals surface area contributed by atoms with Gasteiger partial charge in [0.1, 0.15) is 12.4 Å². The molecule has 2 heterocycles. The normalized spacial score (nSPS) is 17.2. The highest BCUT2D eigenvalue weighted by molar-refractivity contribution is 7.89. The highest BCUT2D eigenvalue weighted by atomic mass is 32.2. The molecule has 0 bridgehead atoms. The fourth-order valence-corrected chi connectivity index (χ4v) is 5.20. The summed E-state index contributed by atoms with van der Waals surface area (Å²) in [6.45, 7) is 2.73. The molecule has 2 fully saturated rings. The molecule has 0 saturated carbocycles. The van der Waals surface area contributed by atoms with E-state index in [0.29, 0.717) is 57.1 Å². The maximum absolute atomic E-state index is 12.6. The monoisotopic (exact) mass is 473 g/mol. The predicted molar refractivity (Wildman–Crippen MR) is 122 cm³/mol. The predicted octanol–water partition coefficient (Wildman–Crippen LogP) is 1.64. The van der Waals surface area contributed by atoms with Gasteiger partial charge in [0.2, 0.25) is 15.9 Å². The molecule has 176 valence electrons. The van der Waals surface area contributed by atoms with Gasteiger partial charge in [-0.1, -0.05) is 0 Å². The van der Waals surface area contributed by atoms with Gasteiger partial charge in [0.15, 0.2) is 0 Å². The molecule has 2 saturated heterocycles. The van der Waals surface area contributed by atoms with Crippen LogP contribution in [0, 0.1) is 0 Å². The van der Waals surface area contributed by atoms with E-state index in [9.17, 15) is 18.0 Å². The number of nitrogens with zero attached hydrogens (tertiary/aromatic N) is 2. The third kappa shape index (κ3) is 5.52. The number of nitrogens with one attached hydrogen (secondary N) is 1. The largest absolute Gasteiger partial charge is 0.492 e. The summed E-state index contributed by atoms with van der Waals surface area (Å²) in [6.07, 6.45) is 1.42. The van der Waals surface area contributed by atoms with Crippen LogP contribution in [0.4, 0.5) is 5.69 Å². The summed E-state index contributed by atoms with van der Waals surface area (Å²) in [6, 6.07) is 13.2. The summed E-state index contributed by atoms with van der Waals surface area (Å²) in [7, 11) is -3.54. The van der Waals surface area contributed by atoms with Gasteiger partial charge < -0.3 is 19.7 Å². The summed E-state index contributed by atoms with van der Waals surface area (Å²) in [4.78, 5) is 26.1. The van der Waals surface area contributed by atoms with Crippen molar-refractivity contribution in [1.82, 2.24) is 9.62 Å². The smallest absolute Gasteiger partial charge is 0.251 e. The number of hydrogen-bond donors (Lipinski definition) is 1. The van der Waals surface area contributed by atoms with Gasteiger partial charge in [0.25, 0.3) is 5.91 Å². The molecule has 1 N–H and O–H groups in total. The van der Waals surface area contributed by atoms with Crippen LogP contribution >= 0.6 is 0 Å². The Morgan fingerprint density at radius 2 is 1.70 bits per heavy atom. The van der Waals surface area contributed by atoms with Gasteiger partial charge in [0.05, 0.1) is 24.7 Å². The van der Waals surface area contributed by atoms with Gasteiger partial charge in [-0.2, -0.15) is 4.31 Å². The number of benzene rings is 2. The van der Waals surface area contributed by atoms with Gasteiger partial charge >= 0.3 is 0 Å². The number of ether oxygens (including phenoxy) is 2. The Morgan fingerprint density at radius 3 is 2.33 bits per heavy atom. The zero-order chi connectivity index (χ0) is 23.3. The second-order valence-electron chi connectivity index (χ2n) is 7.79. The van der Waals surface area contributed by atoms with E-state index in [1.165, 1.54) is 16.4 Å². The first kappa shape index (κ1) is 23.2. The van der Waals surface area contributed by atoms with Crippen molar-refractivity contribution in [2.45, 2.75) is 17.7 Å². The van der Waals surface area contributed by atoms with Crippen LogP contribution in [0.25, 0.3) is 0 Å². The number of morpholine rings is 1. The third-order valence-electron chi connectivity index (χ3n) is 5.60. The minimum absolute atomic E-state index is 0.107. The first-order valence-electron chi connectivity index (χ1n) is 10.9. The summed E-state index contributed by atoms with van der Waals surface area (Å²) < 4.78 is 37.5. The summed E-state index contributed by atoms with van der Waals surface area (Å²) >= 11 is 0. The minimum atomic E-state index is -3.54. The van der Waals surface area contributed by atoms with Gasteiger partial charge in [-0.15, -0.1) is 0 Å². The first-order valence-corrected chi connectivity index (χ1v) is 12.4. The maximum atomic E-state index is 12.6. The van der Waals surface area contributed by atoms with Crippen LogP contribution in [0.3, 0.4) is 0 Å². The van der Waals surface area contributed by atoms with Crippen LogP contribution < -0.4 is 15.0 Å². The van der Waals surface area contributed by atoms with E-state index in [0.717, 1.165) is 12.1 Å². The van der Waals surface area contributed by atoms with Crippen LogP contribution in [0.5, 0.6) is 5.75 Å². The Hall–Kier alpha value is -2.95. The van der Waals surface area contributed by atoms with Gasteiger partial charge in [-0.05, 0) is 55.0 Å². The Balaban J connectivity index is 1.23. The fraction of sp³-hybridized carbons (Fsp3) is 0.391. The summed E-state index contributed by atoms with van der Waals surface area (Å²) in [5.41, 5.74) is 1.31. The average molecular weight is 474 g/mol. The second-order valence-corrected chi connectivity index (χ2v) is 9.73. The lowest BCUT2D eigenvalue weighted by molar-refractivity contribution is -0.117. The van der Waals surface area contributed by atoms with Crippen molar-refractivity contribution in [3.05, 3.63) is 54.1 Å². The van der Waals surface area contributed by atoms with Crippen LogP contribution in [0.1, 0.15) is 23.2 Å². The molecule has 2 aromatic rings. The molecule has 2 aliphatic rings. The van der Waals surface area contributed by atoms with E-state index in [-0.39, 0.29) is 23.3 Å². The Morgan fingerprint density at radius 1 is 1.00 bits per heavy atom. The molecule has 2 aliphatic heterocycles. The lowest BCUT2D eigenvalue weighted by Crippen LogP contribution is -2.40. The van der Waals surface area contributed by atoms with Crippen molar-refractivity contribution in [2.75, 3.05) is 50.9 Å². The standard InChI is InChI=1S/C23H27N3O6S/c27-22-2-1-12-26(22)19-5-3-18(4-6-19)23(28)24-11-15-32-20-7-9-21(10-8-20)33(29,30)25-13-16-31-17-14-25/h3-10H,1-2,11-17H2,(H,24,28). The molecule has 2 amide bonds. The van der Waals surface area contributed by atoms with E-state index in [1.807, 2.05) is 0 Å². The van der Waals surface area contributed by atoms with Crippen LogP contribution in [0.15, 0.2) is 53.4 Å². The van der Waals surface area contributed by atoms with Crippen molar-refractivity contribution in [2.24, 2.45) is 0 Å². The number of rotatable bonds is 8. The molecular formula is C23H27N3O6S.